The molecule has 0 aromatic heterocycles. The lowest BCUT2D eigenvalue weighted by atomic mass is 9.94. The number of hydrogen-bond acceptors (Lipinski definition) is 1. The van der Waals surface area contributed by atoms with Gasteiger partial charge in [-0.25, -0.2) is 0 Å². The predicted molar refractivity (Wildman–Crippen MR) is 79.7 cm³/mol. The number of benzene rings is 1. The first-order valence-corrected chi connectivity index (χ1v) is 6.87. The summed E-state index contributed by atoms with van der Waals surface area (Å²) in [7, 11) is 0. The molecule has 0 aliphatic heterocycles. The van der Waals surface area contributed by atoms with E-state index in [1.54, 1.807) is 0 Å². The van der Waals surface area contributed by atoms with Crippen LogP contribution in [0.4, 0.5) is 0 Å². The number of nitrogens with two attached hydrogens (primary N) is 1. The van der Waals surface area contributed by atoms with E-state index in [9.17, 15) is 4.79 Å². The normalized spacial score (nSPS) is 15.4. The van der Waals surface area contributed by atoms with Crippen molar-refractivity contribution in [3.8, 4) is 0 Å². The van der Waals surface area contributed by atoms with E-state index in [1.807, 2.05) is 12.1 Å². The highest BCUT2D eigenvalue weighted by molar-refractivity contribution is 6.33. The number of amides is 1. The second-order valence-corrected chi connectivity index (χ2v) is 5.43. The Hall–Kier alpha value is -1.54. The van der Waals surface area contributed by atoms with Gasteiger partial charge in [0.05, 0.1) is 0 Å². The van der Waals surface area contributed by atoms with Gasteiger partial charge in [-0.15, -0.1) is 0 Å². The molecule has 0 unspecified atom stereocenters. The maximum absolute atomic E-state index is 10.8. The molecule has 0 fully saturated rings. The Kier molecular flexibility index (Phi) is 4.43. The summed E-state index contributed by atoms with van der Waals surface area (Å²) in [5.74, 6) is -0.263. The van der Waals surface area contributed by atoms with Crippen LogP contribution >= 0.6 is 11.6 Å². The summed E-state index contributed by atoms with van der Waals surface area (Å²) in [6, 6.07) is 8.19. The fourth-order valence-corrected chi connectivity index (χ4v) is 2.46. The first kappa shape index (κ1) is 13.9. The first-order chi connectivity index (χ1) is 9.06. The smallest absolute Gasteiger partial charge is 0.217 e. The van der Waals surface area contributed by atoms with E-state index in [0.717, 1.165) is 34.6 Å². The molecule has 1 amide bonds. The van der Waals surface area contributed by atoms with Crippen LogP contribution in [0.5, 0.6) is 0 Å². The van der Waals surface area contributed by atoms with Crippen molar-refractivity contribution in [2.24, 2.45) is 5.73 Å². The number of rotatable bonds is 4. The SMILES string of the molecule is CC1=CC(c2ccc(CCC(N)=O)cc2)=C(Cl)CC1. The Bertz CT molecular complexity index is 540. The van der Waals surface area contributed by atoms with Gasteiger partial charge >= 0.3 is 0 Å². The van der Waals surface area contributed by atoms with Gasteiger partial charge < -0.3 is 5.73 Å². The highest BCUT2D eigenvalue weighted by Gasteiger charge is 2.11. The van der Waals surface area contributed by atoms with Crippen LogP contribution in [0.1, 0.15) is 37.3 Å². The number of carbonyl (C=O) groups is 1. The van der Waals surface area contributed by atoms with Crippen LogP contribution < -0.4 is 5.73 Å². The fourth-order valence-electron chi connectivity index (χ4n) is 2.20. The van der Waals surface area contributed by atoms with Crippen molar-refractivity contribution in [1.29, 1.82) is 0 Å². The Morgan fingerprint density at radius 3 is 2.58 bits per heavy atom. The molecule has 2 N–H and O–H groups in total. The van der Waals surface area contributed by atoms with Crippen molar-refractivity contribution in [3.05, 3.63) is 52.1 Å². The maximum Gasteiger partial charge on any atom is 0.217 e. The molecule has 0 atom stereocenters. The van der Waals surface area contributed by atoms with E-state index in [4.69, 9.17) is 17.3 Å². The Balaban J connectivity index is 2.16. The predicted octanol–water partition coefficient (Wildman–Crippen LogP) is 3.79. The molecule has 0 heterocycles. The summed E-state index contributed by atoms with van der Waals surface area (Å²) in [6.45, 7) is 2.13. The van der Waals surface area contributed by atoms with Crippen LogP contribution in [0, 0.1) is 0 Å². The first-order valence-electron chi connectivity index (χ1n) is 6.49. The lowest BCUT2D eigenvalue weighted by Crippen LogP contribution is -2.11. The third kappa shape index (κ3) is 3.71. The summed E-state index contributed by atoms with van der Waals surface area (Å²) in [6.07, 6.45) is 5.20. The van der Waals surface area contributed by atoms with E-state index in [0.29, 0.717) is 12.8 Å². The van der Waals surface area contributed by atoms with Crippen molar-refractivity contribution in [3.63, 3.8) is 0 Å². The molecule has 0 bridgehead atoms. The molecule has 0 saturated carbocycles. The van der Waals surface area contributed by atoms with Crippen LogP contribution in [0.15, 0.2) is 40.9 Å². The van der Waals surface area contributed by atoms with E-state index < -0.39 is 0 Å². The van der Waals surface area contributed by atoms with Crippen LogP contribution in [-0.2, 0) is 11.2 Å². The summed E-state index contributed by atoms with van der Waals surface area (Å²) < 4.78 is 0. The minimum absolute atomic E-state index is 0.263. The third-order valence-corrected chi connectivity index (χ3v) is 3.74. The third-order valence-electron chi connectivity index (χ3n) is 3.35. The molecule has 1 aliphatic carbocycles. The van der Waals surface area contributed by atoms with Gasteiger partial charge in [0.2, 0.25) is 5.91 Å². The number of allylic oxidation sites excluding steroid dienone is 4. The minimum Gasteiger partial charge on any atom is -0.370 e. The maximum atomic E-state index is 10.8. The molecule has 1 aliphatic rings. The van der Waals surface area contributed by atoms with Crippen molar-refractivity contribution >= 4 is 23.1 Å². The van der Waals surface area contributed by atoms with Crippen molar-refractivity contribution < 1.29 is 4.79 Å². The molecule has 3 heteroatoms. The van der Waals surface area contributed by atoms with Gasteiger partial charge in [0.1, 0.15) is 0 Å². The number of primary amides is 1. The Labute approximate surface area is 119 Å². The fraction of sp³-hybridized carbons (Fsp3) is 0.312. The molecule has 0 saturated heterocycles. The second-order valence-electron chi connectivity index (χ2n) is 4.97. The molecule has 19 heavy (non-hydrogen) atoms. The average Bonchev–Trinajstić information content (AvgIpc) is 2.40. The van der Waals surface area contributed by atoms with Gasteiger partial charge in [-0.2, -0.15) is 0 Å². The average molecular weight is 276 g/mol. The van der Waals surface area contributed by atoms with Gasteiger partial charge in [-0.05, 0) is 42.9 Å². The summed E-state index contributed by atoms with van der Waals surface area (Å²) in [5.41, 5.74) is 9.88. The molecule has 1 aromatic rings. The standard InChI is InChI=1S/C16H18ClNO/c1-11-2-8-15(17)14(10-11)13-6-3-12(4-7-13)5-9-16(18)19/h3-4,6-7,10H,2,5,8-9H2,1H3,(H2,18,19). The number of hydrogen-bond donors (Lipinski definition) is 1. The van der Waals surface area contributed by atoms with E-state index in [1.165, 1.54) is 5.57 Å². The quantitative estimate of drug-likeness (QED) is 0.892. The van der Waals surface area contributed by atoms with Crippen LogP contribution in [0.25, 0.3) is 5.57 Å². The van der Waals surface area contributed by atoms with E-state index in [2.05, 4.69) is 25.1 Å². The summed E-state index contributed by atoms with van der Waals surface area (Å²) in [4.78, 5) is 10.8. The molecule has 2 nitrogen and oxygen atoms in total. The van der Waals surface area contributed by atoms with E-state index in [-0.39, 0.29) is 5.91 Å². The molecule has 0 spiro atoms. The van der Waals surface area contributed by atoms with Crippen molar-refractivity contribution in [2.75, 3.05) is 0 Å². The Morgan fingerprint density at radius 2 is 1.95 bits per heavy atom. The Morgan fingerprint density at radius 1 is 1.26 bits per heavy atom. The van der Waals surface area contributed by atoms with E-state index >= 15 is 0 Å². The number of aryl methyl sites for hydroxylation is 1. The zero-order chi connectivity index (χ0) is 13.8. The van der Waals surface area contributed by atoms with Gasteiger partial charge in [-0.1, -0.05) is 47.5 Å². The lowest BCUT2D eigenvalue weighted by Gasteiger charge is -2.15. The van der Waals surface area contributed by atoms with Crippen LogP contribution in [0.3, 0.4) is 0 Å². The zero-order valence-electron chi connectivity index (χ0n) is 11.1. The topological polar surface area (TPSA) is 43.1 Å². The minimum atomic E-state index is -0.263. The summed E-state index contributed by atoms with van der Waals surface area (Å²) in [5, 5.41) is 0.926. The van der Waals surface area contributed by atoms with Gasteiger partial charge in [-0.3, -0.25) is 4.79 Å². The molecule has 100 valence electrons. The molecule has 1 aromatic carbocycles. The van der Waals surface area contributed by atoms with Crippen LogP contribution in [-0.4, -0.2) is 5.91 Å². The van der Waals surface area contributed by atoms with Gasteiger partial charge in [0, 0.05) is 11.5 Å². The lowest BCUT2D eigenvalue weighted by molar-refractivity contribution is -0.117. The second kappa shape index (κ2) is 6.07. The zero-order valence-corrected chi connectivity index (χ0v) is 11.8. The molecular weight excluding hydrogens is 258 g/mol. The monoisotopic (exact) mass is 275 g/mol. The van der Waals surface area contributed by atoms with Gasteiger partial charge in [0.15, 0.2) is 0 Å². The van der Waals surface area contributed by atoms with Crippen molar-refractivity contribution in [1.82, 2.24) is 0 Å². The molecular formula is C16H18ClNO. The number of carbonyl (C=O) groups excluding carboxylic acids is 1. The van der Waals surface area contributed by atoms with Gasteiger partial charge in [0.25, 0.3) is 0 Å². The summed E-state index contributed by atoms with van der Waals surface area (Å²) >= 11 is 6.30. The largest absolute Gasteiger partial charge is 0.370 e. The highest BCUT2D eigenvalue weighted by Crippen LogP contribution is 2.32. The number of halogens is 1. The van der Waals surface area contributed by atoms with Crippen LogP contribution in [0.2, 0.25) is 0 Å². The molecule has 2 rings (SSSR count). The molecule has 0 radical (unpaired) electrons. The van der Waals surface area contributed by atoms with Crippen molar-refractivity contribution in [2.45, 2.75) is 32.6 Å². The highest BCUT2D eigenvalue weighted by atomic mass is 35.5.